The van der Waals surface area contributed by atoms with E-state index in [2.05, 4.69) is 20.6 Å². The van der Waals surface area contributed by atoms with Crippen molar-refractivity contribution in [1.29, 1.82) is 0 Å². The van der Waals surface area contributed by atoms with Crippen LogP contribution >= 0.6 is 11.6 Å². The molecule has 0 spiro atoms. The van der Waals surface area contributed by atoms with Crippen LogP contribution in [0.25, 0.3) is 0 Å². The monoisotopic (exact) mass is 340 g/mol. The van der Waals surface area contributed by atoms with Gasteiger partial charge in [0, 0.05) is 23.3 Å². The highest BCUT2D eigenvalue weighted by atomic mass is 35.5. The lowest BCUT2D eigenvalue weighted by molar-refractivity contribution is 0.414. The van der Waals surface area contributed by atoms with Gasteiger partial charge in [-0.2, -0.15) is 0 Å². The Morgan fingerprint density at radius 3 is 2.38 bits per heavy atom. The van der Waals surface area contributed by atoms with Crippen LogP contribution in [0.5, 0.6) is 5.75 Å². The topological polar surface area (TPSA) is 59.1 Å². The van der Waals surface area contributed by atoms with E-state index >= 15 is 0 Å². The molecule has 3 rings (SSSR count). The van der Waals surface area contributed by atoms with Gasteiger partial charge >= 0.3 is 0 Å². The van der Waals surface area contributed by atoms with Crippen LogP contribution in [-0.2, 0) is 6.54 Å². The molecule has 0 fully saturated rings. The number of benzene rings is 2. The first kappa shape index (κ1) is 16.1. The maximum absolute atomic E-state index is 5.89. The normalized spacial score (nSPS) is 10.2. The summed E-state index contributed by atoms with van der Waals surface area (Å²) in [6, 6.07) is 17.2. The molecule has 0 saturated carbocycles. The maximum atomic E-state index is 5.89. The third-order valence-electron chi connectivity index (χ3n) is 3.42. The highest BCUT2D eigenvalue weighted by molar-refractivity contribution is 6.30. The third kappa shape index (κ3) is 4.36. The van der Waals surface area contributed by atoms with Gasteiger partial charge in [-0.1, -0.05) is 23.7 Å². The smallest absolute Gasteiger partial charge is 0.135 e. The van der Waals surface area contributed by atoms with Crippen molar-refractivity contribution in [2.24, 2.45) is 0 Å². The van der Waals surface area contributed by atoms with Crippen molar-refractivity contribution in [3.8, 4) is 5.75 Å². The van der Waals surface area contributed by atoms with Gasteiger partial charge in [0.2, 0.25) is 0 Å². The van der Waals surface area contributed by atoms with Crippen molar-refractivity contribution >= 4 is 28.9 Å². The fourth-order valence-electron chi connectivity index (χ4n) is 2.14. The van der Waals surface area contributed by atoms with E-state index in [1.165, 1.54) is 6.33 Å². The van der Waals surface area contributed by atoms with E-state index in [9.17, 15) is 0 Å². The van der Waals surface area contributed by atoms with Gasteiger partial charge < -0.3 is 15.4 Å². The first-order valence-corrected chi connectivity index (χ1v) is 7.82. The minimum absolute atomic E-state index is 0.668. The van der Waals surface area contributed by atoms with E-state index in [4.69, 9.17) is 16.3 Å². The second-order valence-electron chi connectivity index (χ2n) is 5.12. The van der Waals surface area contributed by atoms with Crippen molar-refractivity contribution in [2.45, 2.75) is 6.54 Å². The molecule has 24 heavy (non-hydrogen) atoms. The first-order chi connectivity index (χ1) is 11.7. The number of rotatable bonds is 6. The number of methoxy groups -OCH3 is 1. The molecule has 0 saturated heterocycles. The Morgan fingerprint density at radius 2 is 1.67 bits per heavy atom. The predicted octanol–water partition coefficient (Wildman–Crippen LogP) is 4.49. The maximum Gasteiger partial charge on any atom is 0.135 e. The van der Waals surface area contributed by atoms with Crippen molar-refractivity contribution in [1.82, 2.24) is 9.97 Å². The van der Waals surface area contributed by atoms with Gasteiger partial charge in [-0.15, -0.1) is 0 Å². The SMILES string of the molecule is COc1ccc(CNc2cc(Nc3ccc(Cl)cc3)ncn2)cc1. The number of hydrogen-bond acceptors (Lipinski definition) is 5. The summed E-state index contributed by atoms with van der Waals surface area (Å²) in [7, 11) is 1.66. The summed E-state index contributed by atoms with van der Waals surface area (Å²) in [5, 5.41) is 7.20. The summed E-state index contributed by atoms with van der Waals surface area (Å²) in [5.74, 6) is 2.30. The van der Waals surface area contributed by atoms with Crippen LogP contribution in [0.2, 0.25) is 5.02 Å². The summed E-state index contributed by atoms with van der Waals surface area (Å²) in [5.41, 5.74) is 2.06. The van der Waals surface area contributed by atoms with Crippen LogP contribution in [0, 0.1) is 0 Å². The molecule has 0 aliphatic heterocycles. The van der Waals surface area contributed by atoms with Crippen LogP contribution in [0.4, 0.5) is 17.3 Å². The summed E-state index contributed by atoms with van der Waals surface area (Å²) in [4.78, 5) is 8.46. The zero-order chi connectivity index (χ0) is 16.8. The molecule has 0 atom stereocenters. The van der Waals surface area contributed by atoms with E-state index in [0.717, 1.165) is 22.8 Å². The fourth-order valence-corrected chi connectivity index (χ4v) is 2.27. The van der Waals surface area contributed by atoms with Gasteiger partial charge in [0.1, 0.15) is 23.7 Å². The van der Waals surface area contributed by atoms with Crippen LogP contribution in [0.15, 0.2) is 60.9 Å². The highest BCUT2D eigenvalue weighted by Crippen LogP contribution is 2.19. The number of nitrogens with zero attached hydrogens (tertiary/aromatic N) is 2. The molecule has 3 aromatic rings. The molecule has 0 amide bonds. The molecule has 122 valence electrons. The molecule has 1 aromatic heterocycles. The van der Waals surface area contributed by atoms with E-state index in [1.807, 2.05) is 54.6 Å². The lowest BCUT2D eigenvalue weighted by atomic mass is 10.2. The predicted molar refractivity (Wildman–Crippen MR) is 97.1 cm³/mol. The molecule has 2 N–H and O–H groups in total. The summed E-state index contributed by atoms with van der Waals surface area (Å²) >= 11 is 5.89. The summed E-state index contributed by atoms with van der Waals surface area (Å²) in [6.45, 7) is 0.668. The molecule has 2 aromatic carbocycles. The molecular weight excluding hydrogens is 324 g/mol. The van der Waals surface area contributed by atoms with E-state index in [-0.39, 0.29) is 0 Å². The Balaban J connectivity index is 1.63. The average molecular weight is 341 g/mol. The van der Waals surface area contributed by atoms with Crippen molar-refractivity contribution < 1.29 is 4.74 Å². The van der Waals surface area contributed by atoms with Crippen LogP contribution in [0.1, 0.15) is 5.56 Å². The molecule has 0 bridgehead atoms. The van der Waals surface area contributed by atoms with Crippen LogP contribution in [0.3, 0.4) is 0 Å². The largest absolute Gasteiger partial charge is 0.497 e. The van der Waals surface area contributed by atoms with Gasteiger partial charge in [-0.25, -0.2) is 9.97 Å². The number of halogens is 1. The number of aromatic nitrogens is 2. The van der Waals surface area contributed by atoms with E-state index in [0.29, 0.717) is 17.4 Å². The standard InChI is InChI=1S/C18H17ClN4O/c1-24-16-8-2-13(3-9-16)11-20-17-10-18(22-12-21-17)23-15-6-4-14(19)5-7-15/h2-10,12H,11H2,1H3,(H2,20,21,22,23). The van der Waals surface area contributed by atoms with Crippen molar-refractivity contribution in [2.75, 3.05) is 17.7 Å². The molecular formula is C18H17ClN4O. The summed E-state index contributed by atoms with van der Waals surface area (Å²) < 4.78 is 5.15. The Morgan fingerprint density at radius 1 is 0.958 bits per heavy atom. The molecule has 6 heteroatoms. The number of ether oxygens (including phenoxy) is 1. The van der Waals surface area contributed by atoms with Crippen LogP contribution < -0.4 is 15.4 Å². The van der Waals surface area contributed by atoms with Gasteiger partial charge in [0.15, 0.2) is 0 Å². The van der Waals surface area contributed by atoms with Gasteiger partial charge in [0.25, 0.3) is 0 Å². The van der Waals surface area contributed by atoms with E-state index < -0.39 is 0 Å². The average Bonchev–Trinajstić information content (AvgIpc) is 2.63. The molecule has 0 unspecified atom stereocenters. The quantitative estimate of drug-likeness (QED) is 0.692. The molecule has 0 aliphatic rings. The zero-order valence-corrected chi connectivity index (χ0v) is 13.9. The number of hydrogen-bond donors (Lipinski definition) is 2. The van der Waals surface area contributed by atoms with E-state index in [1.54, 1.807) is 7.11 Å². The Kier molecular flexibility index (Phi) is 5.13. The molecule has 0 aliphatic carbocycles. The second kappa shape index (κ2) is 7.66. The highest BCUT2D eigenvalue weighted by Gasteiger charge is 2.01. The molecule has 0 radical (unpaired) electrons. The third-order valence-corrected chi connectivity index (χ3v) is 3.67. The lowest BCUT2D eigenvalue weighted by Gasteiger charge is -2.09. The number of nitrogens with one attached hydrogen (secondary N) is 2. The Labute approximate surface area is 145 Å². The lowest BCUT2D eigenvalue weighted by Crippen LogP contribution is -2.03. The second-order valence-corrected chi connectivity index (χ2v) is 5.56. The summed E-state index contributed by atoms with van der Waals surface area (Å²) in [6.07, 6.45) is 1.52. The minimum atomic E-state index is 0.668. The Bertz CT molecular complexity index is 791. The fraction of sp³-hybridized carbons (Fsp3) is 0.111. The first-order valence-electron chi connectivity index (χ1n) is 7.44. The van der Waals surface area contributed by atoms with Gasteiger partial charge in [0.05, 0.1) is 7.11 Å². The van der Waals surface area contributed by atoms with Crippen LogP contribution in [-0.4, -0.2) is 17.1 Å². The van der Waals surface area contributed by atoms with Crippen molar-refractivity contribution in [3.05, 3.63) is 71.5 Å². The zero-order valence-electron chi connectivity index (χ0n) is 13.2. The van der Waals surface area contributed by atoms with Crippen molar-refractivity contribution in [3.63, 3.8) is 0 Å². The molecule has 5 nitrogen and oxygen atoms in total. The number of anilines is 3. The van der Waals surface area contributed by atoms with Gasteiger partial charge in [-0.3, -0.25) is 0 Å². The van der Waals surface area contributed by atoms with Gasteiger partial charge in [-0.05, 0) is 42.0 Å². The molecule has 1 heterocycles. The Hall–Kier alpha value is -2.79. The minimum Gasteiger partial charge on any atom is -0.497 e.